The van der Waals surface area contributed by atoms with Crippen LogP contribution in [0.4, 0.5) is 13.2 Å². The van der Waals surface area contributed by atoms with Crippen molar-refractivity contribution in [2.24, 2.45) is 0 Å². The summed E-state index contributed by atoms with van der Waals surface area (Å²) < 4.78 is 44.2. The zero-order valence-corrected chi connectivity index (χ0v) is 17.2. The minimum absolute atomic E-state index is 0.0439. The van der Waals surface area contributed by atoms with E-state index >= 15 is 0 Å². The summed E-state index contributed by atoms with van der Waals surface area (Å²) in [6.07, 6.45) is -4.34. The van der Waals surface area contributed by atoms with Gasteiger partial charge in [0.05, 0.1) is 12.7 Å². The topological polar surface area (TPSA) is 32.8 Å². The van der Waals surface area contributed by atoms with Crippen molar-refractivity contribution >= 4 is 16.7 Å². The standard InChI is InChI=1S/C24H23F3N2O2/c1-31-22-10-9-21(19-7-2-3-8-20(19)22)23(30)29-13-11-28(12-14-29)16-17-5-4-6-18(15-17)24(25,26)27/h2-10,15H,11-14,16H2,1H3. The lowest BCUT2D eigenvalue weighted by Gasteiger charge is -2.35. The number of carbonyl (C=O) groups excluding carboxylic acids is 1. The SMILES string of the molecule is COc1ccc(C(=O)N2CCN(Cc3cccc(C(F)(F)F)c3)CC2)c2ccccc12. The van der Waals surface area contributed by atoms with Crippen molar-refractivity contribution in [2.75, 3.05) is 33.3 Å². The van der Waals surface area contributed by atoms with E-state index in [1.165, 1.54) is 12.1 Å². The number of methoxy groups -OCH3 is 1. The van der Waals surface area contributed by atoms with Crippen molar-refractivity contribution in [3.05, 3.63) is 77.4 Å². The third-order valence-electron chi connectivity index (χ3n) is 5.65. The van der Waals surface area contributed by atoms with Gasteiger partial charge in [-0.25, -0.2) is 0 Å². The first-order valence-electron chi connectivity index (χ1n) is 10.1. The summed E-state index contributed by atoms with van der Waals surface area (Å²) in [4.78, 5) is 17.1. The quantitative estimate of drug-likeness (QED) is 0.597. The summed E-state index contributed by atoms with van der Waals surface area (Å²) in [5, 5.41) is 1.73. The molecule has 0 saturated carbocycles. The second-order valence-electron chi connectivity index (χ2n) is 7.63. The van der Waals surface area contributed by atoms with Gasteiger partial charge in [-0.2, -0.15) is 13.2 Å². The summed E-state index contributed by atoms with van der Waals surface area (Å²) in [6, 6.07) is 16.7. The lowest BCUT2D eigenvalue weighted by Crippen LogP contribution is -2.48. The Bertz CT molecular complexity index is 1090. The minimum Gasteiger partial charge on any atom is -0.496 e. The Labute approximate surface area is 178 Å². The van der Waals surface area contributed by atoms with Crippen LogP contribution in [0.5, 0.6) is 5.75 Å². The third-order valence-corrected chi connectivity index (χ3v) is 5.65. The molecule has 3 aromatic carbocycles. The average Bonchev–Trinajstić information content (AvgIpc) is 2.78. The van der Waals surface area contributed by atoms with Crippen LogP contribution < -0.4 is 4.74 Å². The highest BCUT2D eigenvalue weighted by atomic mass is 19.4. The molecule has 0 aromatic heterocycles. The molecule has 0 radical (unpaired) electrons. The van der Waals surface area contributed by atoms with Crippen molar-refractivity contribution in [1.29, 1.82) is 0 Å². The fourth-order valence-electron chi connectivity index (χ4n) is 4.02. The predicted octanol–water partition coefficient (Wildman–Crippen LogP) is 4.83. The van der Waals surface area contributed by atoms with Gasteiger partial charge in [0.25, 0.3) is 5.91 Å². The van der Waals surface area contributed by atoms with Crippen LogP contribution in [0.3, 0.4) is 0 Å². The van der Waals surface area contributed by atoms with E-state index in [0.717, 1.165) is 22.6 Å². The van der Waals surface area contributed by atoms with Crippen LogP contribution in [0, 0.1) is 0 Å². The molecule has 3 aromatic rings. The number of ether oxygens (including phenoxy) is 1. The van der Waals surface area contributed by atoms with Gasteiger partial charge in [0.1, 0.15) is 5.75 Å². The number of carbonyl (C=O) groups is 1. The van der Waals surface area contributed by atoms with Gasteiger partial charge in [-0.1, -0.05) is 42.5 Å². The number of amides is 1. The molecule has 1 saturated heterocycles. The Morgan fingerprint density at radius 1 is 0.935 bits per heavy atom. The van der Waals surface area contributed by atoms with Crippen molar-refractivity contribution in [2.45, 2.75) is 12.7 Å². The van der Waals surface area contributed by atoms with Crippen LogP contribution >= 0.6 is 0 Å². The molecule has 1 amide bonds. The average molecular weight is 428 g/mol. The van der Waals surface area contributed by atoms with E-state index in [-0.39, 0.29) is 5.91 Å². The zero-order valence-electron chi connectivity index (χ0n) is 17.2. The lowest BCUT2D eigenvalue weighted by molar-refractivity contribution is -0.137. The van der Waals surface area contributed by atoms with Gasteiger partial charge in [-0.3, -0.25) is 9.69 Å². The number of nitrogens with zero attached hydrogens (tertiary/aromatic N) is 2. The highest BCUT2D eigenvalue weighted by Gasteiger charge is 2.30. The zero-order chi connectivity index (χ0) is 22.0. The van der Waals surface area contributed by atoms with Crippen LogP contribution in [0.1, 0.15) is 21.5 Å². The van der Waals surface area contributed by atoms with Crippen molar-refractivity contribution in [3.8, 4) is 5.75 Å². The number of rotatable bonds is 4. The van der Waals surface area contributed by atoms with E-state index in [2.05, 4.69) is 4.90 Å². The summed E-state index contributed by atoms with van der Waals surface area (Å²) in [5.74, 6) is 0.677. The Balaban J connectivity index is 1.44. The molecule has 0 N–H and O–H groups in total. The van der Waals surface area contributed by atoms with Crippen LogP contribution in [0.25, 0.3) is 10.8 Å². The minimum atomic E-state index is -4.34. The molecule has 0 spiro atoms. The van der Waals surface area contributed by atoms with Crippen LogP contribution in [0.15, 0.2) is 60.7 Å². The Kier molecular flexibility index (Phi) is 5.87. The largest absolute Gasteiger partial charge is 0.496 e. The molecule has 4 nitrogen and oxygen atoms in total. The van der Waals surface area contributed by atoms with Gasteiger partial charge < -0.3 is 9.64 Å². The number of fused-ring (bicyclic) bond motifs is 1. The van der Waals surface area contributed by atoms with Crippen LogP contribution in [-0.2, 0) is 12.7 Å². The first kappa shape index (κ1) is 21.2. The highest BCUT2D eigenvalue weighted by Crippen LogP contribution is 2.31. The van der Waals surface area contributed by atoms with Gasteiger partial charge in [0.15, 0.2) is 0 Å². The molecule has 1 heterocycles. The monoisotopic (exact) mass is 428 g/mol. The van der Waals surface area contributed by atoms with E-state index in [1.807, 2.05) is 24.3 Å². The van der Waals surface area contributed by atoms with Crippen molar-refractivity contribution in [3.63, 3.8) is 0 Å². The Morgan fingerprint density at radius 2 is 1.65 bits per heavy atom. The maximum absolute atomic E-state index is 13.2. The maximum atomic E-state index is 13.2. The highest BCUT2D eigenvalue weighted by molar-refractivity contribution is 6.08. The molecular formula is C24H23F3N2O2. The molecule has 162 valence electrons. The second kappa shape index (κ2) is 8.59. The molecule has 31 heavy (non-hydrogen) atoms. The molecule has 4 rings (SSSR count). The number of benzene rings is 3. The number of hydrogen-bond donors (Lipinski definition) is 0. The fraction of sp³-hybridized carbons (Fsp3) is 0.292. The Morgan fingerprint density at radius 3 is 2.32 bits per heavy atom. The van der Waals surface area contributed by atoms with Crippen LogP contribution in [-0.4, -0.2) is 49.0 Å². The molecular weight excluding hydrogens is 405 g/mol. The van der Waals surface area contributed by atoms with E-state index in [4.69, 9.17) is 4.74 Å². The summed E-state index contributed by atoms with van der Waals surface area (Å²) in [7, 11) is 1.60. The van der Waals surface area contributed by atoms with E-state index in [0.29, 0.717) is 43.9 Å². The molecule has 7 heteroatoms. The normalized spacial score (nSPS) is 15.3. The van der Waals surface area contributed by atoms with Gasteiger partial charge >= 0.3 is 6.18 Å². The van der Waals surface area contributed by atoms with E-state index < -0.39 is 11.7 Å². The van der Waals surface area contributed by atoms with Crippen molar-refractivity contribution < 1.29 is 22.7 Å². The number of alkyl halides is 3. The molecule has 1 aliphatic rings. The summed E-state index contributed by atoms with van der Waals surface area (Å²) in [5.41, 5.74) is 0.615. The summed E-state index contributed by atoms with van der Waals surface area (Å²) in [6.45, 7) is 2.69. The molecule has 1 aliphatic heterocycles. The number of halogens is 3. The third kappa shape index (κ3) is 4.51. The lowest BCUT2D eigenvalue weighted by atomic mass is 10.0. The predicted molar refractivity (Wildman–Crippen MR) is 113 cm³/mol. The molecule has 0 bridgehead atoms. The molecule has 0 atom stereocenters. The first-order valence-corrected chi connectivity index (χ1v) is 10.1. The second-order valence-corrected chi connectivity index (χ2v) is 7.63. The van der Waals surface area contributed by atoms with Gasteiger partial charge in [0, 0.05) is 43.7 Å². The van der Waals surface area contributed by atoms with Gasteiger partial charge in [-0.05, 0) is 29.1 Å². The van der Waals surface area contributed by atoms with Gasteiger partial charge in [0.2, 0.25) is 0 Å². The number of hydrogen-bond acceptors (Lipinski definition) is 3. The first-order chi connectivity index (χ1) is 14.9. The Hall–Kier alpha value is -3.06. The van der Waals surface area contributed by atoms with E-state index in [1.54, 1.807) is 30.2 Å². The molecule has 0 aliphatic carbocycles. The molecule has 0 unspecified atom stereocenters. The fourth-order valence-corrected chi connectivity index (χ4v) is 4.02. The maximum Gasteiger partial charge on any atom is 0.416 e. The van der Waals surface area contributed by atoms with Crippen LogP contribution in [0.2, 0.25) is 0 Å². The summed E-state index contributed by atoms with van der Waals surface area (Å²) >= 11 is 0. The van der Waals surface area contributed by atoms with E-state index in [9.17, 15) is 18.0 Å². The smallest absolute Gasteiger partial charge is 0.416 e. The number of piperazine rings is 1. The van der Waals surface area contributed by atoms with Crippen molar-refractivity contribution in [1.82, 2.24) is 9.80 Å². The van der Waals surface area contributed by atoms with Gasteiger partial charge in [-0.15, -0.1) is 0 Å². The molecule has 1 fully saturated rings.